The third-order valence-electron chi connectivity index (χ3n) is 5.47. The normalized spacial score (nSPS) is 11.4. The van der Waals surface area contributed by atoms with Crippen LogP contribution in [0.1, 0.15) is 12.5 Å². The van der Waals surface area contributed by atoms with Crippen molar-refractivity contribution in [3.63, 3.8) is 0 Å². The fourth-order valence-corrected chi connectivity index (χ4v) is 3.75. The van der Waals surface area contributed by atoms with Crippen molar-refractivity contribution in [1.82, 2.24) is 0 Å². The van der Waals surface area contributed by atoms with Crippen molar-refractivity contribution in [1.29, 1.82) is 0 Å². The minimum absolute atomic E-state index is 0.335. The molecule has 0 atom stereocenters. The van der Waals surface area contributed by atoms with Gasteiger partial charge in [0.1, 0.15) is 17.1 Å². The van der Waals surface area contributed by atoms with E-state index in [1.807, 2.05) is 31.2 Å². The first kappa shape index (κ1) is 22.9. The Hall–Kier alpha value is -4.26. The van der Waals surface area contributed by atoms with Crippen molar-refractivity contribution in [3.8, 4) is 28.4 Å². The second-order valence-corrected chi connectivity index (χ2v) is 7.59. The Labute approximate surface area is 196 Å². The van der Waals surface area contributed by atoms with Crippen LogP contribution in [-0.2, 0) is 4.79 Å². The summed E-state index contributed by atoms with van der Waals surface area (Å²) in [6.45, 7) is 1.82. The van der Waals surface area contributed by atoms with Gasteiger partial charge in [-0.15, -0.1) is 0 Å². The highest BCUT2D eigenvalue weighted by Crippen LogP contribution is 2.39. The van der Waals surface area contributed by atoms with Crippen LogP contribution in [0.25, 0.3) is 27.7 Å². The lowest BCUT2D eigenvalue weighted by Crippen LogP contribution is -2.08. The quantitative estimate of drug-likeness (QED) is 0.327. The minimum atomic E-state index is -0.367. The number of methoxy groups -OCH3 is 3. The molecule has 34 heavy (non-hydrogen) atoms. The summed E-state index contributed by atoms with van der Waals surface area (Å²) in [5, 5.41) is 3.59. The van der Waals surface area contributed by atoms with Gasteiger partial charge in [0.15, 0.2) is 11.5 Å². The highest BCUT2D eigenvalue weighted by atomic mass is 19.1. The highest BCUT2D eigenvalue weighted by Gasteiger charge is 2.16. The zero-order valence-electron chi connectivity index (χ0n) is 19.3. The number of furan rings is 1. The van der Waals surface area contributed by atoms with Crippen LogP contribution in [0.3, 0.4) is 0 Å². The topological polar surface area (TPSA) is 69.9 Å². The molecule has 1 amide bonds. The van der Waals surface area contributed by atoms with Crippen LogP contribution in [0.15, 0.2) is 71.4 Å². The first-order valence-electron chi connectivity index (χ1n) is 10.5. The van der Waals surface area contributed by atoms with Gasteiger partial charge in [-0.2, -0.15) is 0 Å². The Bertz CT molecular complexity index is 1370. The number of rotatable bonds is 7. The highest BCUT2D eigenvalue weighted by molar-refractivity contribution is 6.05. The lowest BCUT2D eigenvalue weighted by atomic mass is 9.99. The Kier molecular flexibility index (Phi) is 6.54. The van der Waals surface area contributed by atoms with Gasteiger partial charge < -0.3 is 23.9 Å². The lowest BCUT2D eigenvalue weighted by molar-refractivity contribution is -0.111. The van der Waals surface area contributed by atoms with Crippen molar-refractivity contribution >= 4 is 28.1 Å². The molecule has 0 spiro atoms. The monoisotopic (exact) mass is 461 g/mol. The zero-order valence-corrected chi connectivity index (χ0v) is 19.3. The molecular formula is C27H24FNO5. The molecule has 0 fully saturated rings. The molecule has 0 aliphatic heterocycles. The third kappa shape index (κ3) is 4.59. The van der Waals surface area contributed by atoms with Gasteiger partial charge in [-0.25, -0.2) is 4.39 Å². The summed E-state index contributed by atoms with van der Waals surface area (Å²) in [5.74, 6) is 1.11. The van der Waals surface area contributed by atoms with Crippen molar-refractivity contribution in [2.45, 2.75) is 6.92 Å². The van der Waals surface area contributed by atoms with Crippen LogP contribution in [0.5, 0.6) is 17.2 Å². The summed E-state index contributed by atoms with van der Waals surface area (Å²) >= 11 is 0. The summed E-state index contributed by atoms with van der Waals surface area (Å²) in [6.07, 6.45) is 3.15. The number of fused-ring (bicyclic) bond motifs is 1. The maximum absolute atomic E-state index is 13.1. The molecule has 0 unspecified atom stereocenters. The number of carbonyl (C=O) groups excluding carboxylic acids is 1. The van der Waals surface area contributed by atoms with Crippen LogP contribution in [-0.4, -0.2) is 27.2 Å². The SMILES string of the molecule is COc1ccc(-c2coc3cc(OC)c(/C(C)=C/C(=O)Nc4ccc(F)cc4)cc23)cc1OC. The average molecular weight is 461 g/mol. The fraction of sp³-hybridized carbons (Fsp3) is 0.148. The van der Waals surface area contributed by atoms with Crippen LogP contribution in [0.2, 0.25) is 0 Å². The predicted octanol–water partition coefficient (Wildman–Crippen LogP) is 6.31. The first-order chi connectivity index (χ1) is 16.4. The predicted molar refractivity (Wildman–Crippen MR) is 130 cm³/mol. The molecule has 7 heteroatoms. The second-order valence-electron chi connectivity index (χ2n) is 7.59. The number of hydrogen-bond acceptors (Lipinski definition) is 5. The number of hydrogen-bond donors (Lipinski definition) is 1. The van der Waals surface area contributed by atoms with E-state index >= 15 is 0 Å². The van der Waals surface area contributed by atoms with Gasteiger partial charge in [0.25, 0.3) is 0 Å². The van der Waals surface area contributed by atoms with Gasteiger partial charge >= 0.3 is 0 Å². The molecule has 174 valence electrons. The van der Waals surface area contributed by atoms with Gasteiger partial charge in [-0.3, -0.25) is 4.79 Å². The van der Waals surface area contributed by atoms with Crippen LogP contribution < -0.4 is 19.5 Å². The number of nitrogens with one attached hydrogen (secondary N) is 1. The number of carbonyl (C=O) groups is 1. The van der Waals surface area contributed by atoms with E-state index in [0.717, 1.165) is 22.1 Å². The molecule has 1 aromatic heterocycles. The van der Waals surface area contributed by atoms with E-state index in [1.54, 1.807) is 33.7 Å². The molecule has 0 bridgehead atoms. The van der Waals surface area contributed by atoms with Gasteiger partial charge in [-0.05, 0) is 60.5 Å². The Morgan fingerprint density at radius 2 is 1.62 bits per heavy atom. The summed E-state index contributed by atoms with van der Waals surface area (Å²) in [5.41, 5.74) is 4.34. The maximum Gasteiger partial charge on any atom is 0.248 e. The lowest BCUT2D eigenvalue weighted by Gasteiger charge is -2.11. The van der Waals surface area contributed by atoms with E-state index in [1.165, 1.54) is 30.3 Å². The maximum atomic E-state index is 13.1. The number of amides is 1. The number of anilines is 1. The standard InChI is InChI=1S/C27H24FNO5/c1-16(11-27(30)29-19-8-6-18(28)7-9-19)20-13-21-22(15-34-25(21)14-24(20)32-3)17-5-10-23(31-2)26(12-17)33-4/h5-15H,1-4H3,(H,29,30)/b16-11+. The Balaban J connectivity index is 1.72. The van der Waals surface area contributed by atoms with Crippen LogP contribution in [0.4, 0.5) is 10.1 Å². The van der Waals surface area contributed by atoms with Gasteiger partial charge in [0.05, 0.1) is 27.6 Å². The molecule has 6 nitrogen and oxygen atoms in total. The third-order valence-corrected chi connectivity index (χ3v) is 5.47. The largest absolute Gasteiger partial charge is 0.496 e. The number of halogens is 1. The molecule has 0 saturated heterocycles. The summed E-state index contributed by atoms with van der Waals surface area (Å²) in [6, 6.07) is 15.0. The molecule has 3 aromatic carbocycles. The van der Waals surface area contributed by atoms with Gasteiger partial charge in [-0.1, -0.05) is 6.07 Å². The smallest absolute Gasteiger partial charge is 0.248 e. The van der Waals surface area contributed by atoms with E-state index in [0.29, 0.717) is 34.1 Å². The van der Waals surface area contributed by atoms with E-state index in [2.05, 4.69) is 5.32 Å². The van der Waals surface area contributed by atoms with E-state index < -0.39 is 0 Å². The Morgan fingerprint density at radius 1 is 0.912 bits per heavy atom. The molecule has 0 radical (unpaired) electrons. The van der Waals surface area contributed by atoms with E-state index in [9.17, 15) is 9.18 Å². The van der Waals surface area contributed by atoms with Gasteiger partial charge in [0.2, 0.25) is 5.91 Å². The van der Waals surface area contributed by atoms with E-state index in [-0.39, 0.29) is 11.7 Å². The molecule has 4 aromatic rings. The summed E-state index contributed by atoms with van der Waals surface area (Å²) in [7, 11) is 4.74. The van der Waals surface area contributed by atoms with Crippen LogP contribution >= 0.6 is 0 Å². The minimum Gasteiger partial charge on any atom is -0.496 e. The number of ether oxygens (including phenoxy) is 3. The molecular weight excluding hydrogens is 437 g/mol. The first-order valence-corrected chi connectivity index (χ1v) is 10.5. The van der Waals surface area contributed by atoms with E-state index in [4.69, 9.17) is 18.6 Å². The van der Waals surface area contributed by atoms with Crippen molar-refractivity contribution in [2.75, 3.05) is 26.6 Å². The van der Waals surface area contributed by atoms with Crippen molar-refractivity contribution < 1.29 is 27.8 Å². The molecule has 1 N–H and O–H groups in total. The summed E-state index contributed by atoms with van der Waals surface area (Å²) < 4.78 is 35.2. The Morgan fingerprint density at radius 3 is 2.29 bits per heavy atom. The molecule has 0 aliphatic rings. The van der Waals surface area contributed by atoms with Crippen molar-refractivity contribution in [2.24, 2.45) is 0 Å². The van der Waals surface area contributed by atoms with Crippen molar-refractivity contribution in [3.05, 3.63) is 78.3 Å². The molecule has 0 aliphatic carbocycles. The average Bonchev–Trinajstić information content (AvgIpc) is 3.26. The molecule has 0 saturated carbocycles. The fourth-order valence-electron chi connectivity index (χ4n) is 3.75. The summed E-state index contributed by atoms with van der Waals surface area (Å²) in [4.78, 5) is 12.5. The van der Waals surface area contributed by atoms with Crippen LogP contribution in [0, 0.1) is 5.82 Å². The number of benzene rings is 3. The zero-order chi connectivity index (χ0) is 24.2. The van der Waals surface area contributed by atoms with Gasteiger partial charge in [0, 0.05) is 34.3 Å². The molecule has 1 heterocycles. The second kappa shape index (κ2) is 9.70. The molecule has 4 rings (SSSR count). The number of allylic oxidation sites excluding steroid dienone is 1.